The highest BCUT2D eigenvalue weighted by Gasteiger charge is 2.46. The minimum atomic E-state index is -0.800. The number of hydrogen-bond donors (Lipinski definition) is 1. The van der Waals surface area contributed by atoms with Crippen molar-refractivity contribution < 1.29 is 19.1 Å². The second kappa shape index (κ2) is 10.7. The second-order valence-electron chi connectivity index (χ2n) is 12.4. The van der Waals surface area contributed by atoms with E-state index in [0.29, 0.717) is 22.5 Å². The summed E-state index contributed by atoms with van der Waals surface area (Å²) in [4.78, 5) is 55.4. The van der Waals surface area contributed by atoms with E-state index in [2.05, 4.69) is 11.6 Å². The number of amides is 2. The van der Waals surface area contributed by atoms with E-state index in [-0.39, 0.29) is 64.3 Å². The first-order valence-corrected chi connectivity index (χ1v) is 14.8. The van der Waals surface area contributed by atoms with Crippen molar-refractivity contribution in [2.24, 2.45) is 0 Å². The molecule has 2 aliphatic heterocycles. The van der Waals surface area contributed by atoms with Crippen molar-refractivity contribution >= 4 is 45.8 Å². The summed E-state index contributed by atoms with van der Waals surface area (Å²) < 4.78 is 16.6. The highest BCUT2D eigenvalue weighted by Crippen LogP contribution is 2.45. The van der Waals surface area contributed by atoms with Crippen LogP contribution in [0.1, 0.15) is 33.4 Å². The highest BCUT2D eigenvalue weighted by atomic mass is 35.5. The first kappa shape index (κ1) is 30.3. The second-order valence-corrected chi connectivity index (χ2v) is 12.8. The molecule has 0 aliphatic carbocycles. The van der Waals surface area contributed by atoms with Crippen LogP contribution in [0.25, 0.3) is 28.0 Å². The number of fused-ring (bicyclic) bond motifs is 5. The van der Waals surface area contributed by atoms with Crippen molar-refractivity contribution in [2.45, 2.75) is 45.2 Å². The number of piperazine rings is 1. The van der Waals surface area contributed by atoms with E-state index in [1.54, 1.807) is 29.3 Å². The van der Waals surface area contributed by atoms with Crippen molar-refractivity contribution in [2.75, 3.05) is 29.9 Å². The molecule has 0 radical (unpaired) electrons. The number of likely N-dealkylation sites (N-methyl/N-ethyl adjacent to an activating group) is 1. The fraction of sp³-hybridized carbons (Fsp3) is 0.303. The summed E-state index contributed by atoms with van der Waals surface area (Å²) in [6.07, 6.45) is 2.85. The van der Waals surface area contributed by atoms with Crippen molar-refractivity contribution in [3.8, 4) is 22.7 Å². The van der Waals surface area contributed by atoms with E-state index in [1.807, 2.05) is 32.6 Å². The Balaban J connectivity index is 1.76. The summed E-state index contributed by atoms with van der Waals surface area (Å²) in [6, 6.07) is 7.72. The molecular formula is C33H32ClFN6O4. The molecule has 2 aliphatic rings. The number of aromatic nitrogens is 3. The van der Waals surface area contributed by atoms with Crippen LogP contribution in [0.5, 0.6) is 5.75 Å². The smallest absolute Gasteiger partial charge is 0.283 e. The lowest BCUT2D eigenvalue weighted by molar-refractivity contribution is -0.129. The number of carbonyl (C=O) groups excluding carboxylic acids is 2. The normalized spacial score (nSPS) is 18.2. The third-order valence-electron chi connectivity index (χ3n) is 8.40. The summed E-state index contributed by atoms with van der Waals surface area (Å²) in [5.74, 6) is -1.76. The van der Waals surface area contributed by atoms with Gasteiger partial charge in [-0.05, 0) is 43.3 Å². The number of anilines is 2. The van der Waals surface area contributed by atoms with Gasteiger partial charge in [0, 0.05) is 36.6 Å². The Morgan fingerprint density at radius 1 is 1.16 bits per heavy atom. The number of phenols is 1. The van der Waals surface area contributed by atoms with Gasteiger partial charge in [0.1, 0.15) is 28.9 Å². The lowest BCUT2D eigenvalue weighted by Gasteiger charge is -2.50. The number of rotatable bonds is 3. The minimum Gasteiger partial charge on any atom is -0.507 e. The zero-order valence-corrected chi connectivity index (χ0v) is 26.3. The lowest BCUT2D eigenvalue weighted by Crippen LogP contribution is -2.66. The number of phenolic OH excluding ortho intramolecular Hbond substituents is 1. The van der Waals surface area contributed by atoms with Gasteiger partial charge in [-0.3, -0.25) is 23.9 Å². The van der Waals surface area contributed by atoms with Crippen molar-refractivity contribution in [3.05, 3.63) is 82.1 Å². The van der Waals surface area contributed by atoms with Gasteiger partial charge < -0.3 is 19.8 Å². The molecule has 1 fully saturated rings. The quantitative estimate of drug-likeness (QED) is 0.323. The molecule has 10 nitrogen and oxygen atoms in total. The Hall–Kier alpha value is -4.77. The third kappa shape index (κ3) is 4.64. The molecule has 45 heavy (non-hydrogen) atoms. The van der Waals surface area contributed by atoms with Gasteiger partial charge in [-0.2, -0.15) is 0 Å². The summed E-state index contributed by atoms with van der Waals surface area (Å²) in [6.45, 7) is 11.7. The molecule has 0 unspecified atom stereocenters. The van der Waals surface area contributed by atoms with E-state index in [4.69, 9.17) is 16.6 Å². The van der Waals surface area contributed by atoms with E-state index in [9.17, 15) is 19.5 Å². The molecule has 1 N–H and O–H groups in total. The van der Waals surface area contributed by atoms with Crippen molar-refractivity contribution in [1.29, 1.82) is 0 Å². The molecule has 3 aromatic heterocycles. The number of carbonyl (C=O) groups is 2. The Kier molecular flexibility index (Phi) is 7.19. The molecule has 6 rings (SSSR count). The zero-order valence-electron chi connectivity index (χ0n) is 25.5. The monoisotopic (exact) mass is 630 g/mol. The maximum absolute atomic E-state index is 15.2. The molecular weight excluding hydrogens is 599 g/mol. The van der Waals surface area contributed by atoms with Crippen LogP contribution in [0.2, 0.25) is 5.02 Å². The van der Waals surface area contributed by atoms with E-state index in [1.165, 1.54) is 40.8 Å². The number of nitrogens with zero attached hydrogens (tertiary/aromatic N) is 6. The number of hydrogen-bond acceptors (Lipinski definition) is 7. The van der Waals surface area contributed by atoms with E-state index >= 15 is 4.39 Å². The molecule has 232 valence electrons. The van der Waals surface area contributed by atoms with Crippen LogP contribution < -0.4 is 15.4 Å². The van der Waals surface area contributed by atoms with Crippen LogP contribution in [0.4, 0.5) is 15.8 Å². The Labute approximate surface area is 264 Å². The van der Waals surface area contributed by atoms with Crippen LogP contribution in [0.15, 0.2) is 60.0 Å². The predicted molar refractivity (Wildman–Crippen MR) is 172 cm³/mol. The summed E-state index contributed by atoms with van der Waals surface area (Å²) in [5.41, 5.74) is 0.384. The van der Waals surface area contributed by atoms with E-state index < -0.39 is 22.8 Å². The highest BCUT2D eigenvalue weighted by molar-refractivity contribution is 6.34. The van der Waals surface area contributed by atoms with Crippen molar-refractivity contribution in [1.82, 2.24) is 19.4 Å². The first-order valence-electron chi connectivity index (χ1n) is 14.5. The number of aromatic hydroxyl groups is 1. The average molecular weight is 631 g/mol. The molecule has 2 amide bonds. The van der Waals surface area contributed by atoms with Gasteiger partial charge in [-0.25, -0.2) is 9.37 Å². The predicted octanol–water partition coefficient (Wildman–Crippen LogP) is 4.81. The molecule has 12 heteroatoms. The number of halogens is 2. The molecule has 4 aromatic rings. The van der Waals surface area contributed by atoms with Crippen LogP contribution >= 0.6 is 11.6 Å². The zero-order chi connectivity index (χ0) is 32.5. The molecule has 5 heterocycles. The fourth-order valence-electron chi connectivity index (χ4n) is 6.42. The Morgan fingerprint density at radius 3 is 2.56 bits per heavy atom. The summed E-state index contributed by atoms with van der Waals surface area (Å²) in [5, 5.41) is 11.1. The van der Waals surface area contributed by atoms with Gasteiger partial charge in [0.15, 0.2) is 0 Å². The molecule has 0 bridgehead atoms. The summed E-state index contributed by atoms with van der Waals surface area (Å²) >= 11 is 6.82. The van der Waals surface area contributed by atoms with Crippen LogP contribution in [0, 0.1) is 5.82 Å². The molecule has 0 saturated carbocycles. The van der Waals surface area contributed by atoms with E-state index in [0.717, 1.165) is 0 Å². The summed E-state index contributed by atoms with van der Waals surface area (Å²) in [7, 11) is 1.53. The molecule has 1 saturated heterocycles. The number of pyridine rings is 3. The van der Waals surface area contributed by atoms with Gasteiger partial charge in [-0.1, -0.05) is 45.0 Å². The van der Waals surface area contributed by atoms with Gasteiger partial charge in [0.2, 0.25) is 5.91 Å². The Bertz CT molecular complexity index is 1970. The van der Waals surface area contributed by atoms with Gasteiger partial charge in [-0.15, -0.1) is 0 Å². The standard InChI is InChI=1S/C33H32ClFN6O4/c1-7-24(43)39-15-17(2)40-22(16-39)31(44)38(6)28-27(40)18-14-19(34)26(25-20(35)10-8-12-23(25)42)37-30(18)41(32(28)45)21-11-9-13-36-29(21)33(3,4)5/h7-14,17,22,42H,1,15-16H2,2-6H3/t17-,22+/m0/s1. The van der Waals surface area contributed by atoms with Crippen LogP contribution in [0.3, 0.4) is 0 Å². The third-order valence-corrected chi connectivity index (χ3v) is 8.69. The minimum absolute atomic E-state index is 0.0294. The lowest BCUT2D eigenvalue weighted by atomic mass is 9.90. The molecule has 2 atom stereocenters. The topological polar surface area (TPSA) is 112 Å². The average Bonchev–Trinajstić information content (AvgIpc) is 2.99. The van der Waals surface area contributed by atoms with Crippen LogP contribution in [-0.2, 0) is 15.0 Å². The Morgan fingerprint density at radius 2 is 1.89 bits per heavy atom. The first-order chi connectivity index (χ1) is 21.3. The molecule has 1 aromatic carbocycles. The molecule has 0 spiro atoms. The largest absolute Gasteiger partial charge is 0.507 e. The van der Waals surface area contributed by atoms with Gasteiger partial charge in [0.05, 0.1) is 39.9 Å². The fourth-order valence-corrected chi connectivity index (χ4v) is 6.67. The van der Waals surface area contributed by atoms with Crippen molar-refractivity contribution in [3.63, 3.8) is 0 Å². The number of benzene rings is 1. The van der Waals surface area contributed by atoms with Gasteiger partial charge in [0.25, 0.3) is 11.5 Å². The van der Waals surface area contributed by atoms with Gasteiger partial charge >= 0.3 is 0 Å². The van der Waals surface area contributed by atoms with Crippen LogP contribution in [-0.4, -0.2) is 68.6 Å². The maximum atomic E-state index is 15.2. The SMILES string of the molecule is C=CC(=O)N1C[C@@H]2C(=O)N(C)c3c(c4cc(Cl)c(-c5c(O)cccc5F)nc4n(-c4cccnc4C(C)(C)C)c3=O)N2[C@@H](C)C1. The maximum Gasteiger partial charge on any atom is 0.283 e.